The molecular formula is C24H22ClN3O5. The lowest BCUT2D eigenvalue weighted by atomic mass is 10.2. The van der Waals surface area contributed by atoms with Crippen molar-refractivity contribution in [2.24, 2.45) is 5.10 Å². The number of ether oxygens (including phenoxy) is 3. The third-order valence-electron chi connectivity index (χ3n) is 4.19. The zero-order chi connectivity index (χ0) is 23.5. The third kappa shape index (κ3) is 7.86. The Morgan fingerprint density at radius 3 is 2.36 bits per heavy atom. The van der Waals surface area contributed by atoms with Gasteiger partial charge in [0.25, 0.3) is 11.8 Å². The van der Waals surface area contributed by atoms with E-state index in [4.69, 9.17) is 25.8 Å². The normalized spacial score (nSPS) is 10.5. The van der Waals surface area contributed by atoms with Gasteiger partial charge in [-0.1, -0.05) is 29.8 Å². The van der Waals surface area contributed by atoms with Crippen molar-refractivity contribution in [1.29, 1.82) is 0 Å². The van der Waals surface area contributed by atoms with E-state index in [2.05, 4.69) is 15.8 Å². The molecule has 33 heavy (non-hydrogen) atoms. The monoisotopic (exact) mass is 467 g/mol. The van der Waals surface area contributed by atoms with Crippen LogP contribution < -0.4 is 25.0 Å². The number of anilines is 1. The number of nitrogens with zero attached hydrogens (tertiary/aromatic N) is 1. The van der Waals surface area contributed by atoms with Gasteiger partial charge in [0.1, 0.15) is 5.75 Å². The van der Waals surface area contributed by atoms with Crippen LogP contribution in [-0.2, 0) is 9.59 Å². The molecule has 170 valence electrons. The average molecular weight is 468 g/mol. The van der Waals surface area contributed by atoms with E-state index in [9.17, 15) is 9.59 Å². The quantitative estimate of drug-likeness (QED) is 0.348. The number of halogens is 1. The minimum Gasteiger partial charge on any atom is -0.493 e. The van der Waals surface area contributed by atoms with Gasteiger partial charge in [0.2, 0.25) is 0 Å². The Bertz CT molecular complexity index is 1120. The Morgan fingerprint density at radius 2 is 1.64 bits per heavy atom. The molecule has 0 aliphatic rings. The highest BCUT2D eigenvalue weighted by Gasteiger charge is 2.06. The largest absolute Gasteiger partial charge is 0.493 e. The van der Waals surface area contributed by atoms with Gasteiger partial charge in [0, 0.05) is 10.7 Å². The molecule has 0 saturated heterocycles. The number of methoxy groups -OCH3 is 1. The van der Waals surface area contributed by atoms with Crippen LogP contribution in [-0.4, -0.2) is 38.4 Å². The fraction of sp³-hybridized carbons (Fsp3) is 0.125. The molecule has 0 saturated carbocycles. The first kappa shape index (κ1) is 23.6. The van der Waals surface area contributed by atoms with Crippen molar-refractivity contribution in [3.8, 4) is 17.2 Å². The summed E-state index contributed by atoms with van der Waals surface area (Å²) in [5.41, 5.74) is 3.72. The topological polar surface area (TPSA) is 98.2 Å². The van der Waals surface area contributed by atoms with Gasteiger partial charge < -0.3 is 19.5 Å². The minimum atomic E-state index is -0.414. The Morgan fingerprint density at radius 1 is 0.909 bits per heavy atom. The van der Waals surface area contributed by atoms with Crippen LogP contribution >= 0.6 is 11.6 Å². The number of benzene rings is 3. The number of para-hydroxylation sites is 2. The van der Waals surface area contributed by atoms with E-state index < -0.39 is 5.91 Å². The summed E-state index contributed by atoms with van der Waals surface area (Å²) >= 11 is 5.89. The molecule has 0 aliphatic heterocycles. The van der Waals surface area contributed by atoms with Gasteiger partial charge in [-0.2, -0.15) is 5.10 Å². The summed E-state index contributed by atoms with van der Waals surface area (Å²) in [6, 6.07) is 20.8. The average Bonchev–Trinajstić information content (AvgIpc) is 2.82. The maximum absolute atomic E-state index is 12.0. The molecule has 0 aromatic heterocycles. The number of amides is 2. The lowest BCUT2D eigenvalue weighted by Gasteiger charge is -2.09. The SMILES string of the molecule is COc1ccccc1OCC(=O)N/N=C\c1ccc(OCC(=O)Nc2cccc(Cl)c2)cc1. The van der Waals surface area contributed by atoms with Crippen LogP contribution in [0.1, 0.15) is 5.56 Å². The van der Waals surface area contributed by atoms with Gasteiger partial charge in [-0.3, -0.25) is 9.59 Å². The van der Waals surface area contributed by atoms with Gasteiger partial charge in [-0.15, -0.1) is 0 Å². The van der Waals surface area contributed by atoms with Crippen molar-refractivity contribution < 1.29 is 23.8 Å². The van der Waals surface area contributed by atoms with Crippen molar-refractivity contribution >= 4 is 35.3 Å². The molecule has 3 aromatic rings. The molecule has 0 unspecified atom stereocenters. The molecule has 0 atom stereocenters. The highest BCUT2D eigenvalue weighted by molar-refractivity contribution is 6.30. The van der Waals surface area contributed by atoms with Gasteiger partial charge in [-0.25, -0.2) is 5.43 Å². The third-order valence-corrected chi connectivity index (χ3v) is 4.42. The summed E-state index contributed by atoms with van der Waals surface area (Å²) in [7, 11) is 1.53. The number of rotatable bonds is 10. The first-order valence-corrected chi connectivity index (χ1v) is 10.3. The minimum absolute atomic E-state index is 0.151. The van der Waals surface area contributed by atoms with Crippen LogP contribution in [0.3, 0.4) is 0 Å². The van der Waals surface area contributed by atoms with E-state index >= 15 is 0 Å². The molecule has 2 amide bonds. The number of hydrazone groups is 1. The lowest BCUT2D eigenvalue weighted by Crippen LogP contribution is -2.24. The zero-order valence-corrected chi connectivity index (χ0v) is 18.5. The number of hydrogen-bond donors (Lipinski definition) is 2. The molecule has 0 spiro atoms. The Kier molecular flexibility index (Phi) is 8.67. The molecule has 0 radical (unpaired) electrons. The number of hydrogen-bond acceptors (Lipinski definition) is 6. The number of carbonyl (C=O) groups is 2. The summed E-state index contributed by atoms with van der Waals surface area (Å²) in [6.07, 6.45) is 1.48. The summed E-state index contributed by atoms with van der Waals surface area (Å²) in [5, 5.41) is 7.14. The molecule has 0 fully saturated rings. The van der Waals surface area contributed by atoms with Crippen molar-refractivity contribution in [3.05, 3.63) is 83.4 Å². The molecular weight excluding hydrogens is 446 g/mol. The van der Waals surface area contributed by atoms with Crippen LogP contribution in [0.15, 0.2) is 77.9 Å². The standard InChI is InChI=1S/C24H22ClN3O5/c1-31-21-7-2-3-8-22(21)33-16-24(30)28-26-14-17-9-11-20(12-10-17)32-15-23(29)27-19-6-4-5-18(25)13-19/h2-14H,15-16H2,1H3,(H,27,29)(H,28,30)/b26-14-. The zero-order valence-electron chi connectivity index (χ0n) is 17.8. The van der Waals surface area contributed by atoms with E-state index in [0.717, 1.165) is 5.56 Å². The molecule has 0 bridgehead atoms. The predicted molar refractivity (Wildman–Crippen MR) is 126 cm³/mol. The number of nitrogens with one attached hydrogen (secondary N) is 2. The molecule has 0 heterocycles. The molecule has 0 aliphatic carbocycles. The summed E-state index contributed by atoms with van der Waals surface area (Å²) in [5.74, 6) is 0.806. The van der Waals surface area contributed by atoms with E-state index in [1.165, 1.54) is 13.3 Å². The Hall–Kier alpha value is -4.04. The molecule has 8 nitrogen and oxygen atoms in total. The summed E-state index contributed by atoms with van der Waals surface area (Å²) in [6.45, 7) is -0.357. The van der Waals surface area contributed by atoms with E-state index in [0.29, 0.717) is 28.0 Å². The second kappa shape index (κ2) is 12.1. The fourth-order valence-corrected chi connectivity index (χ4v) is 2.85. The van der Waals surface area contributed by atoms with E-state index in [1.54, 1.807) is 66.7 Å². The van der Waals surface area contributed by atoms with Crippen LogP contribution in [0.4, 0.5) is 5.69 Å². The second-order valence-corrected chi connectivity index (χ2v) is 7.09. The molecule has 9 heteroatoms. The molecule has 3 aromatic carbocycles. The van der Waals surface area contributed by atoms with Crippen LogP contribution in [0.5, 0.6) is 17.2 Å². The van der Waals surface area contributed by atoms with Gasteiger partial charge in [0.05, 0.1) is 13.3 Å². The number of carbonyl (C=O) groups excluding carboxylic acids is 2. The van der Waals surface area contributed by atoms with E-state index in [1.807, 2.05) is 6.07 Å². The van der Waals surface area contributed by atoms with Crippen LogP contribution in [0.2, 0.25) is 5.02 Å². The van der Waals surface area contributed by atoms with Gasteiger partial charge >= 0.3 is 0 Å². The van der Waals surface area contributed by atoms with E-state index in [-0.39, 0.29) is 19.1 Å². The first-order chi connectivity index (χ1) is 16.0. The van der Waals surface area contributed by atoms with Gasteiger partial charge in [-0.05, 0) is 60.2 Å². The lowest BCUT2D eigenvalue weighted by molar-refractivity contribution is -0.123. The van der Waals surface area contributed by atoms with Crippen LogP contribution in [0, 0.1) is 0 Å². The molecule has 3 rings (SSSR count). The van der Waals surface area contributed by atoms with Crippen molar-refractivity contribution in [3.63, 3.8) is 0 Å². The Balaban J connectivity index is 1.40. The highest BCUT2D eigenvalue weighted by Crippen LogP contribution is 2.25. The summed E-state index contributed by atoms with van der Waals surface area (Å²) < 4.78 is 16.1. The van der Waals surface area contributed by atoms with Crippen molar-refractivity contribution in [2.45, 2.75) is 0 Å². The maximum Gasteiger partial charge on any atom is 0.277 e. The Labute approximate surface area is 196 Å². The predicted octanol–water partition coefficient (Wildman–Crippen LogP) is 3.90. The maximum atomic E-state index is 12.0. The molecule has 2 N–H and O–H groups in total. The summed E-state index contributed by atoms with van der Waals surface area (Å²) in [4.78, 5) is 23.9. The van der Waals surface area contributed by atoms with Crippen molar-refractivity contribution in [1.82, 2.24) is 5.43 Å². The first-order valence-electron chi connectivity index (χ1n) is 9.89. The smallest absolute Gasteiger partial charge is 0.277 e. The fourth-order valence-electron chi connectivity index (χ4n) is 2.65. The highest BCUT2D eigenvalue weighted by atomic mass is 35.5. The van der Waals surface area contributed by atoms with Crippen LogP contribution in [0.25, 0.3) is 0 Å². The second-order valence-electron chi connectivity index (χ2n) is 6.65. The van der Waals surface area contributed by atoms with Crippen molar-refractivity contribution in [2.75, 3.05) is 25.6 Å². The van der Waals surface area contributed by atoms with Gasteiger partial charge in [0.15, 0.2) is 24.7 Å².